The smallest absolute Gasteiger partial charge is 0.231 e. The second kappa shape index (κ2) is 9.24. The highest BCUT2D eigenvalue weighted by Crippen LogP contribution is 2.33. The van der Waals surface area contributed by atoms with Crippen molar-refractivity contribution in [2.45, 2.75) is 26.2 Å². The quantitative estimate of drug-likeness (QED) is 0.560. The first-order valence-corrected chi connectivity index (χ1v) is 11.5. The van der Waals surface area contributed by atoms with Gasteiger partial charge in [-0.05, 0) is 72.5 Å². The molecule has 6 nitrogen and oxygen atoms in total. The minimum absolute atomic E-state index is 0.0200. The second-order valence-electron chi connectivity index (χ2n) is 8.90. The lowest BCUT2D eigenvalue weighted by atomic mass is 9.89. The van der Waals surface area contributed by atoms with Crippen molar-refractivity contribution in [3.8, 4) is 11.5 Å². The summed E-state index contributed by atoms with van der Waals surface area (Å²) in [7, 11) is 0. The number of fused-ring (bicyclic) bond motifs is 2. The van der Waals surface area contributed by atoms with Crippen LogP contribution in [0.2, 0.25) is 0 Å². The molecule has 0 spiro atoms. The van der Waals surface area contributed by atoms with Gasteiger partial charge in [-0.25, -0.2) is 0 Å². The van der Waals surface area contributed by atoms with Crippen LogP contribution in [0, 0.1) is 5.92 Å². The van der Waals surface area contributed by atoms with Gasteiger partial charge in [-0.1, -0.05) is 24.3 Å². The summed E-state index contributed by atoms with van der Waals surface area (Å²) in [5.41, 5.74) is 2.75. The first-order chi connectivity index (χ1) is 16.0. The van der Waals surface area contributed by atoms with E-state index in [1.54, 1.807) is 0 Å². The van der Waals surface area contributed by atoms with Gasteiger partial charge in [0.25, 0.3) is 0 Å². The molecule has 6 heteroatoms. The third kappa shape index (κ3) is 4.86. The molecule has 170 valence electrons. The molecule has 1 fully saturated rings. The fourth-order valence-corrected chi connectivity index (χ4v) is 4.77. The largest absolute Gasteiger partial charge is 0.454 e. The van der Waals surface area contributed by atoms with E-state index in [1.807, 2.05) is 42.5 Å². The van der Waals surface area contributed by atoms with E-state index in [1.165, 1.54) is 12.5 Å². The molecule has 5 rings (SSSR count). The molecular formula is C27H28N2O4. The van der Waals surface area contributed by atoms with Crippen molar-refractivity contribution in [3.63, 3.8) is 0 Å². The fraction of sp³-hybridized carbons (Fsp3) is 0.333. The van der Waals surface area contributed by atoms with Crippen LogP contribution >= 0.6 is 0 Å². The van der Waals surface area contributed by atoms with Crippen molar-refractivity contribution < 1.29 is 19.1 Å². The van der Waals surface area contributed by atoms with Gasteiger partial charge < -0.3 is 19.7 Å². The third-order valence-electron chi connectivity index (χ3n) is 6.48. The molecule has 2 heterocycles. The zero-order valence-corrected chi connectivity index (χ0v) is 18.8. The van der Waals surface area contributed by atoms with E-state index in [0.29, 0.717) is 6.79 Å². The average Bonchev–Trinajstić information content (AvgIpc) is 3.30. The molecule has 0 aromatic heterocycles. The molecule has 1 amide bonds. The minimum atomic E-state index is -0.0958. The van der Waals surface area contributed by atoms with Gasteiger partial charge in [-0.2, -0.15) is 0 Å². The van der Waals surface area contributed by atoms with Crippen LogP contribution in [0.3, 0.4) is 0 Å². The molecule has 0 radical (unpaired) electrons. The number of hydrogen-bond acceptors (Lipinski definition) is 5. The lowest BCUT2D eigenvalue weighted by molar-refractivity contribution is -0.114. The number of nitrogens with zero attached hydrogens (tertiary/aromatic N) is 1. The maximum atomic E-state index is 13.3. The topological polar surface area (TPSA) is 67.9 Å². The molecule has 33 heavy (non-hydrogen) atoms. The van der Waals surface area contributed by atoms with E-state index in [0.717, 1.165) is 72.4 Å². The highest BCUT2D eigenvalue weighted by Gasteiger charge is 2.26. The number of likely N-dealkylation sites (tertiary alicyclic amines) is 1. The number of benzene rings is 3. The molecule has 3 aromatic carbocycles. The van der Waals surface area contributed by atoms with Crippen LogP contribution in [0.5, 0.6) is 11.5 Å². The van der Waals surface area contributed by atoms with E-state index < -0.39 is 0 Å². The number of ketones is 1. The Kier molecular flexibility index (Phi) is 6.01. The van der Waals surface area contributed by atoms with Crippen molar-refractivity contribution in [2.24, 2.45) is 5.92 Å². The maximum Gasteiger partial charge on any atom is 0.231 e. The zero-order valence-electron chi connectivity index (χ0n) is 18.8. The Morgan fingerprint density at radius 1 is 1.00 bits per heavy atom. The van der Waals surface area contributed by atoms with E-state index in [4.69, 9.17) is 9.47 Å². The number of piperidine rings is 1. The van der Waals surface area contributed by atoms with E-state index in [2.05, 4.69) is 22.3 Å². The molecule has 1 atom stereocenters. The Balaban J connectivity index is 1.22. The zero-order chi connectivity index (χ0) is 22.8. The van der Waals surface area contributed by atoms with Crippen LogP contribution in [0.1, 0.15) is 35.7 Å². The number of hydrogen-bond donors (Lipinski definition) is 1. The van der Waals surface area contributed by atoms with Gasteiger partial charge in [-0.15, -0.1) is 0 Å². The van der Waals surface area contributed by atoms with Gasteiger partial charge in [0.15, 0.2) is 17.3 Å². The number of Topliss-reactive ketones (excluding diaryl/α,β-unsaturated/α-hetero) is 1. The van der Waals surface area contributed by atoms with Gasteiger partial charge >= 0.3 is 0 Å². The van der Waals surface area contributed by atoms with E-state index in [9.17, 15) is 9.59 Å². The Bertz CT molecular complexity index is 1210. The third-order valence-corrected chi connectivity index (χ3v) is 6.48. The fourth-order valence-electron chi connectivity index (χ4n) is 4.77. The summed E-state index contributed by atoms with van der Waals surface area (Å²) in [6.45, 7) is 4.53. The van der Waals surface area contributed by atoms with E-state index in [-0.39, 0.29) is 17.6 Å². The van der Waals surface area contributed by atoms with Crippen LogP contribution in [0.4, 0.5) is 5.69 Å². The molecule has 1 N–H and O–H groups in total. The van der Waals surface area contributed by atoms with Crippen molar-refractivity contribution >= 4 is 28.2 Å². The maximum absolute atomic E-state index is 13.3. The Morgan fingerprint density at radius 3 is 2.70 bits per heavy atom. The monoisotopic (exact) mass is 444 g/mol. The molecule has 2 aliphatic rings. The molecule has 1 saturated heterocycles. The summed E-state index contributed by atoms with van der Waals surface area (Å²) in [6, 6.07) is 17.7. The van der Waals surface area contributed by atoms with Crippen LogP contribution < -0.4 is 14.8 Å². The molecular weight excluding hydrogens is 416 g/mol. The van der Waals surface area contributed by atoms with Crippen molar-refractivity contribution in [3.05, 3.63) is 65.7 Å². The first kappa shape index (κ1) is 21.5. The Hall–Kier alpha value is -3.38. The van der Waals surface area contributed by atoms with Crippen LogP contribution in [-0.2, 0) is 11.2 Å². The number of carbonyl (C=O) groups excluding carboxylic acids is 2. The Labute approximate surface area is 193 Å². The number of amides is 1. The molecule has 3 aromatic rings. The Morgan fingerprint density at radius 2 is 1.82 bits per heavy atom. The number of ether oxygens (including phenoxy) is 2. The predicted octanol–water partition coefficient (Wildman–Crippen LogP) is 4.66. The molecule has 0 saturated carbocycles. The highest BCUT2D eigenvalue weighted by molar-refractivity contribution is 6.02. The molecule has 1 unspecified atom stereocenters. The summed E-state index contributed by atoms with van der Waals surface area (Å²) < 4.78 is 10.9. The SMILES string of the molecule is CC(=O)Nc1ccc2cc(C(=O)C3CCCN(CCc4ccc5c(c4)OCO5)C3)ccc2c1. The van der Waals surface area contributed by atoms with Crippen LogP contribution in [0.25, 0.3) is 10.8 Å². The minimum Gasteiger partial charge on any atom is -0.454 e. The van der Waals surface area contributed by atoms with Crippen LogP contribution in [-0.4, -0.2) is 43.0 Å². The molecule has 0 aliphatic carbocycles. The molecule has 2 aliphatic heterocycles. The normalized spacial score (nSPS) is 17.8. The number of nitrogens with one attached hydrogen (secondary N) is 1. The van der Waals surface area contributed by atoms with Gasteiger partial charge in [0.05, 0.1) is 0 Å². The van der Waals surface area contributed by atoms with Crippen LogP contribution in [0.15, 0.2) is 54.6 Å². The summed E-state index contributed by atoms with van der Waals surface area (Å²) in [5, 5.41) is 4.81. The second-order valence-corrected chi connectivity index (χ2v) is 8.90. The average molecular weight is 445 g/mol. The van der Waals surface area contributed by atoms with Gasteiger partial charge in [-0.3, -0.25) is 9.59 Å². The van der Waals surface area contributed by atoms with Crippen molar-refractivity contribution in [1.82, 2.24) is 4.90 Å². The van der Waals surface area contributed by atoms with Crippen molar-refractivity contribution in [1.29, 1.82) is 0 Å². The number of anilines is 1. The van der Waals surface area contributed by atoms with E-state index >= 15 is 0 Å². The molecule has 0 bridgehead atoms. The standard InChI is InChI=1S/C27H28N2O4/c1-18(30)28-24-8-7-20-14-22(6-5-21(20)15-24)27(31)23-3-2-11-29(16-23)12-10-19-4-9-25-26(13-19)33-17-32-25/h4-9,13-15,23H,2-3,10-12,16-17H2,1H3,(H,28,30). The van der Waals surface area contributed by atoms with Gasteiger partial charge in [0, 0.05) is 37.2 Å². The van der Waals surface area contributed by atoms with Gasteiger partial charge in [0.1, 0.15) is 0 Å². The predicted molar refractivity (Wildman–Crippen MR) is 128 cm³/mol. The summed E-state index contributed by atoms with van der Waals surface area (Å²) in [5.74, 6) is 1.77. The first-order valence-electron chi connectivity index (χ1n) is 11.5. The lowest BCUT2D eigenvalue weighted by Crippen LogP contribution is -2.39. The summed E-state index contributed by atoms with van der Waals surface area (Å²) in [6.07, 6.45) is 2.88. The number of carbonyl (C=O) groups is 2. The number of rotatable bonds is 6. The lowest BCUT2D eigenvalue weighted by Gasteiger charge is -2.32. The summed E-state index contributed by atoms with van der Waals surface area (Å²) >= 11 is 0. The highest BCUT2D eigenvalue weighted by atomic mass is 16.7. The van der Waals surface area contributed by atoms with Crippen molar-refractivity contribution in [2.75, 3.05) is 31.7 Å². The van der Waals surface area contributed by atoms with Gasteiger partial charge in [0.2, 0.25) is 12.7 Å². The summed E-state index contributed by atoms with van der Waals surface area (Å²) in [4.78, 5) is 27.0.